The molecule has 1 heterocycles. The summed E-state index contributed by atoms with van der Waals surface area (Å²) < 4.78 is 0. The van der Waals surface area contributed by atoms with Crippen LogP contribution in [0.5, 0.6) is 0 Å². The van der Waals surface area contributed by atoms with Crippen molar-refractivity contribution in [3.05, 3.63) is 40.9 Å². The molecular formula is C24H34ClN3O2. The number of piperidine rings is 1. The van der Waals surface area contributed by atoms with Crippen LogP contribution in [-0.2, 0) is 9.59 Å². The van der Waals surface area contributed by atoms with E-state index in [1.165, 1.54) is 31.8 Å². The first kappa shape index (κ1) is 22.8. The number of benzene rings is 1. The number of rotatable bonds is 6. The molecule has 1 saturated carbocycles. The molecule has 0 aromatic heterocycles. The van der Waals surface area contributed by atoms with Crippen LogP contribution in [0.1, 0.15) is 51.0 Å². The van der Waals surface area contributed by atoms with Gasteiger partial charge in [0.15, 0.2) is 0 Å². The molecule has 1 aliphatic carbocycles. The van der Waals surface area contributed by atoms with E-state index < -0.39 is 0 Å². The first-order valence-corrected chi connectivity index (χ1v) is 11.5. The van der Waals surface area contributed by atoms with E-state index in [2.05, 4.69) is 24.2 Å². The average molecular weight is 432 g/mol. The predicted octanol–water partition coefficient (Wildman–Crippen LogP) is 3.97. The summed E-state index contributed by atoms with van der Waals surface area (Å²) in [7, 11) is 2.26. The van der Waals surface area contributed by atoms with Gasteiger partial charge in [0.2, 0.25) is 11.8 Å². The summed E-state index contributed by atoms with van der Waals surface area (Å²) in [5.74, 6) is 0.481. The summed E-state index contributed by atoms with van der Waals surface area (Å²) in [5.41, 5.74) is 0.849. The number of likely N-dealkylation sites (tertiary alicyclic amines) is 1. The Bertz CT molecular complexity index is 759. The molecule has 0 radical (unpaired) electrons. The Kier molecular flexibility index (Phi) is 8.34. The van der Waals surface area contributed by atoms with E-state index >= 15 is 0 Å². The van der Waals surface area contributed by atoms with Gasteiger partial charge in [-0.05, 0) is 62.4 Å². The third-order valence-corrected chi connectivity index (χ3v) is 6.91. The zero-order chi connectivity index (χ0) is 21.5. The molecule has 5 nitrogen and oxygen atoms in total. The van der Waals surface area contributed by atoms with Crippen LogP contribution in [0.25, 0.3) is 6.08 Å². The number of hydrogen-bond donors (Lipinski definition) is 1. The minimum absolute atomic E-state index is 0.00774. The number of nitrogens with zero attached hydrogens (tertiary/aromatic N) is 2. The van der Waals surface area contributed by atoms with Gasteiger partial charge >= 0.3 is 0 Å². The van der Waals surface area contributed by atoms with E-state index in [0.717, 1.165) is 37.4 Å². The highest BCUT2D eigenvalue weighted by atomic mass is 35.5. The molecule has 0 unspecified atom stereocenters. The zero-order valence-electron chi connectivity index (χ0n) is 18.1. The molecule has 30 heavy (non-hydrogen) atoms. The van der Waals surface area contributed by atoms with Crippen LogP contribution in [0, 0.1) is 5.92 Å². The van der Waals surface area contributed by atoms with Crippen molar-refractivity contribution in [3.63, 3.8) is 0 Å². The first-order valence-electron chi connectivity index (χ1n) is 11.1. The largest absolute Gasteiger partial charge is 0.343 e. The van der Waals surface area contributed by atoms with Crippen LogP contribution in [0.2, 0.25) is 5.02 Å². The van der Waals surface area contributed by atoms with Crippen LogP contribution >= 0.6 is 11.6 Å². The van der Waals surface area contributed by atoms with Gasteiger partial charge in [0.1, 0.15) is 0 Å². The molecule has 1 N–H and O–H groups in total. The highest BCUT2D eigenvalue weighted by Gasteiger charge is 2.32. The first-order chi connectivity index (χ1) is 14.4. The molecule has 6 heteroatoms. The summed E-state index contributed by atoms with van der Waals surface area (Å²) in [6.45, 7) is 3.95. The zero-order valence-corrected chi connectivity index (χ0v) is 18.9. The maximum Gasteiger partial charge on any atom is 0.244 e. The average Bonchev–Trinajstić information content (AvgIpc) is 2.76. The second-order valence-corrected chi connectivity index (χ2v) is 9.15. The van der Waals surface area contributed by atoms with Crippen LogP contribution in [0.4, 0.5) is 0 Å². The quantitative estimate of drug-likeness (QED) is 0.693. The summed E-state index contributed by atoms with van der Waals surface area (Å²) in [4.78, 5) is 29.0. The molecule has 2 fully saturated rings. The molecule has 0 spiro atoms. The van der Waals surface area contributed by atoms with E-state index in [1.54, 1.807) is 18.2 Å². The van der Waals surface area contributed by atoms with E-state index in [1.807, 2.05) is 17.0 Å². The summed E-state index contributed by atoms with van der Waals surface area (Å²) in [6.07, 6.45) is 10.5. The van der Waals surface area contributed by atoms with E-state index in [0.29, 0.717) is 17.1 Å². The Morgan fingerprint density at radius 1 is 1.20 bits per heavy atom. The van der Waals surface area contributed by atoms with E-state index in [9.17, 15) is 9.59 Å². The lowest BCUT2D eigenvalue weighted by Gasteiger charge is -2.44. The van der Waals surface area contributed by atoms with Crippen molar-refractivity contribution >= 4 is 29.5 Å². The fourth-order valence-electron chi connectivity index (χ4n) is 4.81. The Hall–Kier alpha value is -1.85. The number of carbonyl (C=O) groups excluding carboxylic acids is 2. The number of halogens is 1. The molecule has 1 aromatic rings. The highest BCUT2D eigenvalue weighted by Crippen LogP contribution is 2.30. The maximum atomic E-state index is 12.5. The van der Waals surface area contributed by atoms with Crippen molar-refractivity contribution in [3.8, 4) is 0 Å². The molecule has 3 rings (SSSR count). The van der Waals surface area contributed by atoms with Gasteiger partial charge < -0.3 is 15.1 Å². The van der Waals surface area contributed by atoms with Gasteiger partial charge in [0.05, 0.1) is 6.54 Å². The van der Waals surface area contributed by atoms with Crippen molar-refractivity contribution in [1.82, 2.24) is 15.1 Å². The summed E-state index contributed by atoms with van der Waals surface area (Å²) in [6, 6.07) is 8.50. The van der Waals surface area contributed by atoms with Crippen molar-refractivity contribution in [2.24, 2.45) is 5.92 Å². The number of carbonyl (C=O) groups is 2. The molecular weight excluding hydrogens is 398 g/mol. The monoisotopic (exact) mass is 431 g/mol. The molecule has 2 aliphatic rings. The lowest BCUT2D eigenvalue weighted by molar-refractivity contribution is -0.133. The number of nitrogens with one attached hydrogen (secondary N) is 1. The van der Waals surface area contributed by atoms with Gasteiger partial charge in [-0.2, -0.15) is 0 Å². The topological polar surface area (TPSA) is 52.6 Å². The lowest BCUT2D eigenvalue weighted by Crippen LogP contribution is -2.51. The van der Waals surface area contributed by atoms with E-state index in [-0.39, 0.29) is 18.4 Å². The van der Waals surface area contributed by atoms with Gasteiger partial charge in [-0.3, -0.25) is 9.59 Å². The van der Waals surface area contributed by atoms with Crippen LogP contribution in [-0.4, -0.2) is 60.4 Å². The van der Waals surface area contributed by atoms with Crippen LogP contribution < -0.4 is 5.32 Å². The van der Waals surface area contributed by atoms with Gasteiger partial charge in [0.25, 0.3) is 0 Å². The normalized spacial score (nSPS) is 23.1. The molecule has 1 aromatic carbocycles. The standard InChI is InChI=1S/C24H34ClN3O2/c1-18-6-3-4-9-22(18)27(2)21-12-14-28(15-13-21)24(30)17-26-23(29)11-10-19-7-5-8-20(25)16-19/h5,7-8,10-11,16,18,21-22H,3-4,6,9,12-15,17H2,1-2H3,(H,26,29)/b11-10+/t18-,22-/m0/s1. The van der Waals surface area contributed by atoms with Crippen molar-refractivity contribution in [2.45, 2.75) is 57.5 Å². The second-order valence-electron chi connectivity index (χ2n) is 8.71. The van der Waals surface area contributed by atoms with Crippen molar-refractivity contribution in [2.75, 3.05) is 26.7 Å². The minimum atomic E-state index is -0.274. The molecule has 164 valence electrons. The van der Waals surface area contributed by atoms with Gasteiger partial charge in [-0.1, -0.05) is 43.5 Å². The van der Waals surface area contributed by atoms with Gasteiger partial charge in [-0.25, -0.2) is 0 Å². The molecule has 1 saturated heterocycles. The molecule has 2 atom stereocenters. The third kappa shape index (κ3) is 6.32. The Labute approximate surface area is 185 Å². The minimum Gasteiger partial charge on any atom is -0.343 e. The predicted molar refractivity (Wildman–Crippen MR) is 122 cm³/mol. The lowest BCUT2D eigenvalue weighted by atomic mass is 9.84. The smallest absolute Gasteiger partial charge is 0.244 e. The second kappa shape index (κ2) is 11.0. The van der Waals surface area contributed by atoms with Crippen molar-refractivity contribution in [1.29, 1.82) is 0 Å². The summed E-state index contributed by atoms with van der Waals surface area (Å²) >= 11 is 5.94. The number of amides is 2. The highest BCUT2D eigenvalue weighted by molar-refractivity contribution is 6.30. The van der Waals surface area contributed by atoms with Crippen molar-refractivity contribution < 1.29 is 9.59 Å². The van der Waals surface area contributed by atoms with E-state index in [4.69, 9.17) is 11.6 Å². The van der Waals surface area contributed by atoms with Crippen LogP contribution in [0.15, 0.2) is 30.3 Å². The fraction of sp³-hybridized carbons (Fsp3) is 0.583. The van der Waals surface area contributed by atoms with Gasteiger partial charge in [0, 0.05) is 36.3 Å². The van der Waals surface area contributed by atoms with Gasteiger partial charge in [-0.15, -0.1) is 0 Å². The fourth-order valence-corrected chi connectivity index (χ4v) is 5.01. The molecule has 0 bridgehead atoms. The SMILES string of the molecule is C[C@H]1CCCC[C@@H]1N(C)C1CCN(C(=O)CNC(=O)/C=C/c2cccc(Cl)c2)CC1. The maximum absolute atomic E-state index is 12.5. The Morgan fingerprint density at radius 3 is 2.63 bits per heavy atom. The summed E-state index contributed by atoms with van der Waals surface area (Å²) in [5, 5.41) is 3.32. The Balaban J connectivity index is 1.40. The van der Waals surface area contributed by atoms with Crippen LogP contribution in [0.3, 0.4) is 0 Å². The molecule has 2 amide bonds. The third-order valence-electron chi connectivity index (χ3n) is 6.67. The Morgan fingerprint density at radius 2 is 1.93 bits per heavy atom. The molecule has 1 aliphatic heterocycles. The number of hydrogen-bond acceptors (Lipinski definition) is 3.